The van der Waals surface area contributed by atoms with Crippen LogP contribution in [-0.4, -0.2) is 41.8 Å². The molecule has 0 aromatic heterocycles. The second-order valence-corrected chi connectivity index (χ2v) is 9.48. The summed E-state index contributed by atoms with van der Waals surface area (Å²) in [6, 6.07) is 14.2. The highest BCUT2D eigenvalue weighted by atomic mass is 16.5. The molecule has 2 aromatic rings. The van der Waals surface area contributed by atoms with Crippen molar-refractivity contribution in [3.05, 3.63) is 59.7 Å². The lowest BCUT2D eigenvalue weighted by molar-refractivity contribution is -0.142. The fourth-order valence-corrected chi connectivity index (χ4v) is 4.52. The summed E-state index contributed by atoms with van der Waals surface area (Å²) < 4.78 is 5.60. The molecular formula is C28H36N2O5. The van der Waals surface area contributed by atoms with E-state index in [-0.39, 0.29) is 24.4 Å². The van der Waals surface area contributed by atoms with Crippen molar-refractivity contribution in [2.24, 2.45) is 11.8 Å². The van der Waals surface area contributed by atoms with Gasteiger partial charge in [-0.25, -0.2) is 9.59 Å². The fraction of sp³-hybridized carbons (Fsp3) is 0.464. The summed E-state index contributed by atoms with van der Waals surface area (Å²) >= 11 is 0. The van der Waals surface area contributed by atoms with Crippen molar-refractivity contribution < 1.29 is 24.2 Å². The van der Waals surface area contributed by atoms with Crippen LogP contribution in [0.4, 0.5) is 4.79 Å². The normalized spacial score (nSPS) is 15.8. The second kappa shape index (κ2) is 11.9. The van der Waals surface area contributed by atoms with Crippen molar-refractivity contribution in [3.63, 3.8) is 0 Å². The number of alkyl carbamates (subject to hydrolysis) is 1. The number of hydrogen-bond acceptors (Lipinski definition) is 4. The Kier molecular flexibility index (Phi) is 8.90. The Hall–Kier alpha value is -3.35. The number of benzene rings is 2. The molecule has 0 radical (unpaired) electrons. The minimum Gasteiger partial charge on any atom is -0.480 e. The standard InChI is InChI=1S/C28H36N2O5/c1-5-17(3)15-24(27(32)33)29-26(31)25(18(4)6-2)30-28(34)35-16-23-21-13-9-7-11-19(21)20-12-8-10-14-22(20)23/h7-14,17-18,23-25H,5-6,15-16H2,1-4H3,(H,29,31)(H,30,34)(H,32,33)/t17?,18-,24?,25-/m0/s1. The molecule has 0 heterocycles. The Morgan fingerprint density at radius 1 is 0.914 bits per heavy atom. The number of aliphatic carboxylic acids is 1. The number of carbonyl (C=O) groups excluding carboxylic acids is 2. The first-order valence-corrected chi connectivity index (χ1v) is 12.4. The summed E-state index contributed by atoms with van der Waals surface area (Å²) in [6.07, 6.45) is 1.08. The summed E-state index contributed by atoms with van der Waals surface area (Å²) in [5.74, 6) is -1.73. The molecule has 7 heteroatoms. The highest BCUT2D eigenvalue weighted by Crippen LogP contribution is 2.44. The van der Waals surface area contributed by atoms with Crippen LogP contribution in [-0.2, 0) is 14.3 Å². The van der Waals surface area contributed by atoms with Crippen LogP contribution in [0.2, 0.25) is 0 Å². The van der Waals surface area contributed by atoms with E-state index < -0.39 is 30.1 Å². The van der Waals surface area contributed by atoms with E-state index >= 15 is 0 Å². The Balaban J connectivity index is 1.67. The number of rotatable bonds is 11. The van der Waals surface area contributed by atoms with E-state index in [9.17, 15) is 19.5 Å². The maximum absolute atomic E-state index is 13.0. The van der Waals surface area contributed by atoms with Crippen LogP contribution in [0.1, 0.15) is 64.0 Å². The molecule has 2 amide bonds. The van der Waals surface area contributed by atoms with Gasteiger partial charge in [-0.2, -0.15) is 0 Å². The molecule has 3 N–H and O–H groups in total. The highest BCUT2D eigenvalue weighted by Gasteiger charge is 2.32. The molecule has 0 saturated heterocycles. The molecule has 0 saturated carbocycles. The van der Waals surface area contributed by atoms with Crippen molar-refractivity contribution in [1.29, 1.82) is 0 Å². The van der Waals surface area contributed by atoms with Gasteiger partial charge in [-0.3, -0.25) is 4.79 Å². The number of ether oxygens (including phenoxy) is 1. The van der Waals surface area contributed by atoms with Gasteiger partial charge in [0.15, 0.2) is 0 Å². The highest BCUT2D eigenvalue weighted by molar-refractivity contribution is 5.89. The number of carboxylic acids is 1. The van der Waals surface area contributed by atoms with Gasteiger partial charge >= 0.3 is 12.1 Å². The third-order valence-corrected chi connectivity index (χ3v) is 7.06. The van der Waals surface area contributed by atoms with Crippen LogP contribution in [0.3, 0.4) is 0 Å². The second-order valence-electron chi connectivity index (χ2n) is 9.48. The van der Waals surface area contributed by atoms with E-state index in [0.717, 1.165) is 28.7 Å². The van der Waals surface area contributed by atoms with Crippen LogP contribution < -0.4 is 10.6 Å². The molecule has 2 unspecified atom stereocenters. The van der Waals surface area contributed by atoms with E-state index in [1.54, 1.807) is 0 Å². The van der Waals surface area contributed by atoms with E-state index in [2.05, 4.69) is 22.8 Å². The first-order chi connectivity index (χ1) is 16.8. The molecule has 7 nitrogen and oxygen atoms in total. The summed E-state index contributed by atoms with van der Waals surface area (Å²) in [6.45, 7) is 7.83. The van der Waals surface area contributed by atoms with Crippen LogP contribution in [0, 0.1) is 11.8 Å². The Morgan fingerprint density at radius 3 is 2.00 bits per heavy atom. The van der Waals surface area contributed by atoms with Gasteiger partial charge in [0.1, 0.15) is 18.7 Å². The molecule has 3 rings (SSSR count). The molecule has 0 fully saturated rings. The number of nitrogens with one attached hydrogen (secondary N) is 2. The Bertz CT molecular complexity index is 1010. The summed E-state index contributed by atoms with van der Waals surface area (Å²) in [4.78, 5) is 37.5. The van der Waals surface area contributed by atoms with E-state index in [1.165, 1.54) is 0 Å². The summed E-state index contributed by atoms with van der Waals surface area (Å²) in [7, 11) is 0. The fourth-order valence-electron chi connectivity index (χ4n) is 4.52. The zero-order chi connectivity index (χ0) is 25.5. The van der Waals surface area contributed by atoms with E-state index in [0.29, 0.717) is 12.8 Å². The predicted molar refractivity (Wildman–Crippen MR) is 135 cm³/mol. The lowest BCUT2D eigenvalue weighted by atomic mass is 9.96. The van der Waals surface area contributed by atoms with Crippen LogP contribution in [0.5, 0.6) is 0 Å². The van der Waals surface area contributed by atoms with Gasteiger partial charge in [0, 0.05) is 5.92 Å². The molecule has 0 spiro atoms. The number of amides is 2. The zero-order valence-corrected chi connectivity index (χ0v) is 20.9. The van der Waals surface area contributed by atoms with Gasteiger partial charge < -0.3 is 20.5 Å². The average Bonchev–Trinajstić information content (AvgIpc) is 3.18. The maximum atomic E-state index is 13.0. The molecule has 0 aliphatic heterocycles. The molecule has 1 aliphatic carbocycles. The van der Waals surface area contributed by atoms with E-state index in [4.69, 9.17) is 4.74 Å². The van der Waals surface area contributed by atoms with Crippen molar-refractivity contribution in [2.75, 3.05) is 6.61 Å². The van der Waals surface area contributed by atoms with Crippen LogP contribution in [0.15, 0.2) is 48.5 Å². The minimum atomic E-state index is -1.08. The predicted octanol–water partition coefficient (Wildman–Crippen LogP) is 4.95. The number of hydrogen-bond donors (Lipinski definition) is 3. The number of carboxylic acid groups (broad SMARTS) is 1. The largest absolute Gasteiger partial charge is 0.480 e. The molecule has 2 aromatic carbocycles. The van der Waals surface area contributed by atoms with Gasteiger partial charge in [-0.05, 0) is 40.5 Å². The van der Waals surface area contributed by atoms with Crippen LogP contribution >= 0.6 is 0 Å². The smallest absolute Gasteiger partial charge is 0.407 e. The lowest BCUT2D eigenvalue weighted by Crippen LogP contribution is -2.54. The molecule has 0 bridgehead atoms. The number of fused-ring (bicyclic) bond motifs is 3. The van der Waals surface area contributed by atoms with Gasteiger partial charge in [-0.1, -0.05) is 89.1 Å². The van der Waals surface area contributed by atoms with Crippen LogP contribution in [0.25, 0.3) is 11.1 Å². The molecule has 1 aliphatic rings. The van der Waals surface area contributed by atoms with Crippen molar-refractivity contribution in [1.82, 2.24) is 10.6 Å². The van der Waals surface area contributed by atoms with Gasteiger partial charge in [-0.15, -0.1) is 0 Å². The molecule has 35 heavy (non-hydrogen) atoms. The maximum Gasteiger partial charge on any atom is 0.407 e. The first-order valence-electron chi connectivity index (χ1n) is 12.4. The quantitative estimate of drug-likeness (QED) is 0.422. The summed E-state index contributed by atoms with van der Waals surface area (Å²) in [5, 5.41) is 14.9. The van der Waals surface area contributed by atoms with Gasteiger partial charge in [0.05, 0.1) is 0 Å². The van der Waals surface area contributed by atoms with Crippen molar-refractivity contribution in [3.8, 4) is 11.1 Å². The zero-order valence-electron chi connectivity index (χ0n) is 20.9. The number of carbonyl (C=O) groups is 3. The van der Waals surface area contributed by atoms with E-state index in [1.807, 2.05) is 64.1 Å². The third-order valence-electron chi connectivity index (χ3n) is 7.06. The third kappa shape index (κ3) is 6.21. The van der Waals surface area contributed by atoms with Gasteiger partial charge in [0.25, 0.3) is 0 Å². The Labute approximate surface area is 207 Å². The Morgan fingerprint density at radius 2 is 1.49 bits per heavy atom. The molecule has 188 valence electrons. The SMILES string of the molecule is CCC(C)CC(NC(=O)[C@@H](NC(=O)OCC1c2ccccc2-c2ccccc21)[C@@H](C)CC)C(=O)O. The minimum absolute atomic E-state index is 0.0871. The first kappa shape index (κ1) is 26.3. The summed E-state index contributed by atoms with van der Waals surface area (Å²) in [5.41, 5.74) is 4.48. The average molecular weight is 481 g/mol. The topological polar surface area (TPSA) is 105 Å². The van der Waals surface area contributed by atoms with Crippen molar-refractivity contribution >= 4 is 18.0 Å². The lowest BCUT2D eigenvalue weighted by Gasteiger charge is -2.26. The van der Waals surface area contributed by atoms with Crippen molar-refractivity contribution in [2.45, 2.75) is 65.0 Å². The van der Waals surface area contributed by atoms with Gasteiger partial charge in [0.2, 0.25) is 5.91 Å². The molecule has 4 atom stereocenters. The monoisotopic (exact) mass is 480 g/mol. The molecular weight excluding hydrogens is 444 g/mol.